The Hall–Kier alpha value is -2.12. The average Bonchev–Trinajstić information content (AvgIpc) is 2.76. The first-order valence-electron chi connectivity index (χ1n) is 10.6. The van der Waals surface area contributed by atoms with Crippen molar-refractivity contribution in [2.24, 2.45) is 0 Å². The van der Waals surface area contributed by atoms with Crippen molar-refractivity contribution in [2.75, 3.05) is 52.5 Å². The van der Waals surface area contributed by atoms with Gasteiger partial charge in [-0.25, -0.2) is 0 Å². The van der Waals surface area contributed by atoms with Gasteiger partial charge in [0.25, 0.3) is 0 Å². The number of ether oxygens (including phenoxy) is 3. The molecule has 6 nitrogen and oxygen atoms in total. The van der Waals surface area contributed by atoms with E-state index in [0.717, 1.165) is 50.8 Å². The molecule has 1 fully saturated rings. The standard InChI is InChI=1S/C23H30N2O4/c26-20(16-27-17-21-18-28-22-8-4-5-9-23(22)29-21)15-25-12-10-24(11-13-25)14-19-6-2-1-3-7-19/h1-9,20-21,26H,10-18H2/p+2/t20-,21+/m0/s1. The highest BCUT2D eigenvalue weighted by molar-refractivity contribution is 5.40. The first kappa shape index (κ1) is 20.2. The van der Waals surface area contributed by atoms with Crippen LogP contribution in [0.1, 0.15) is 5.56 Å². The molecule has 2 aromatic carbocycles. The summed E-state index contributed by atoms with van der Waals surface area (Å²) in [6.07, 6.45) is -0.577. The summed E-state index contributed by atoms with van der Waals surface area (Å²) in [5.74, 6) is 1.54. The van der Waals surface area contributed by atoms with Crippen LogP contribution in [0.4, 0.5) is 0 Å². The molecule has 0 radical (unpaired) electrons. The summed E-state index contributed by atoms with van der Waals surface area (Å²) in [7, 11) is 0. The first-order chi connectivity index (χ1) is 14.3. The number of benzene rings is 2. The van der Waals surface area contributed by atoms with Crippen LogP contribution in [0.25, 0.3) is 0 Å². The zero-order valence-electron chi connectivity index (χ0n) is 16.9. The number of quaternary nitrogens is 2. The first-order valence-corrected chi connectivity index (χ1v) is 10.6. The summed E-state index contributed by atoms with van der Waals surface area (Å²) >= 11 is 0. The molecule has 0 spiro atoms. The van der Waals surface area contributed by atoms with Crippen LogP contribution in [-0.2, 0) is 11.3 Å². The van der Waals surface area contributed by atoms with E-state index in [1.165, 1.54) is 10.5 Å². The van der Waals surface area contributed by atoms with Crippen molar-refractivity contribution in [3.8, 4) is 11.5 Å². The van der Waals surface area contributed by atoms with Crippen molar-refractivity contribution in [2.45, 2.75) is 18.8 Å². The molecule has 4 rings (SSSR count). The maximum atomic E-state index is 10.4. The lowest BCUT2D eigenvalue weighted by Crippen LogP contribution is -3.28. The van der Waals surface area contributed by atoms with Gasteiger partial charge in [0.2, 0.25) is 0 Å². The summed E-state index contributed by atoms with van der Waals surface area (Å²) in [4.78, 5) is 3.09. The summed E-state index contributed by atoms with van der Waals surface area (Å²) in [5, 5.41) is 10.4. The van der Waals surface area contributed by atoms with Gasteiger partial charge in [-0.15, -0.1) is 0 Å². The van der Waals surface area contributed by atoms with Gasteiger partial charge in [0.1, 0.15) is 52.0 Å². The van der Waals surface area contributed by atoms with E-state index < -0.39 is 6.10 Å². The molecule has 3 N–H and O–H groups in total. The molecule has 2 aliphatic heterocycles. The Morgan fingerprint density at radius 3 is 2.41 bits per heavy atom. The third kappa shape index (κ3) is 5.93. The van der Waals surface area contributed by atoms with Gasteiger partial charge in [0.05, 0.1) is 13.2 Å². The van der Waals surface area contributed by atoms with E-state index in [4.69, 9.17) is 14.2 Å². The Morgan fingerprint density at radius 1 is 0.931 bits per heavy atom. The number of fused-ring (bicyclic) bond motifs is 1. The van der Waals surface area contributed by atoms with Crippen molar-refractivity contribution in [1.29, 1.82) is 0 Å². The van der Waals surface area contributed by atoms with Crippen molar-refractivity contribution >= 4 is 0 Å². The Kier molecular flexibility index (Phi) is 7.00. The number of aliphatic hydroxyl groups excluding tert-OH is 1. The molecule has 2 atom stereocenters. The predicted octanol–water partition coefficient (Wildman–Crippen LogP) is -0.812. The molecule has 0 unspecified atom stereocenters. The van der Waals surface area contributed by atoms with Crippen LogP contribution in [-0.4, -0.2) is 69.9 Å². The highest BCUT2D eigenvalue weighted by Gasteiger charge is 2.26. The van der Waals surface area contributed by atoms with Crippen LogP contribution in [0.15, 0.2) is 54.6 Å². The van der Waals surface area contributed by atoms with Crippen LogP contribution in [0.5, 0.6) is 11.5 Å². The molecule has 6 heteroatoms. The van der Waals surface area contributed by atoms with Gasteiger partial charge in [-0.05, 0) is 12.1 Å². The highest BCUT2D eigenvalue weighted by atomic mass is 16.6. The van der Waals surface area contributed by atoms with E-state index in [2.05, 4.69) is 30.3 Å². The number of para-hydroxylation sites is 2. The zero-order valence-corrected chi connectivity index (χ0v) is 16.9. The molecule has 0 bridgehead atoms. The number of rotatable bonds is 8. The molecule has 2 aromatic rings. The molecular formula is C23H32N2O4+2. The summed E-state index contributed by atoms with van der Waals surface area (Å²) in [6.45, 7) is 7.54. The number of hydrogen-bond donors (Lipinski definition) is 3. The Bertz CT molecular complexity index is 750. The van der Waals surface area contributed by atoms with Gasteiger partial charge in [-0.1, -0.05) is 42.5 Å². The lowest BCUT2D eigenvalue weighted by atomic mass is 10.2. The molecule has 0 aliphatic carbocycles. The largest absolute Gasteiger partial charge is 0.486 e. The van der Waals surface area contributed by atoms with E-state index >= 15 is 0 Å². The SMILES string of the molecule is O[C@H](COC[C@@H]1COc2ccccc2O1)C[NH+]1CC[NH+](Cc2ccccc2)CC1. The van der Waals surface area contributed by atoms with Crippen LogP contribution < -0.4 is 19.3 Å². The third-order valence-electron chi connectivity index (χ3n) is 5.67. The van der Waals surface area contributed by atoms with Crippen LogP contribution >= 0.6 is 0 Å². The number of hydrogen-bond acceptors (Lipinski definition) is 4. The van der Waals surface area contributed by atoms with Gasteiger partial charge in [0, 0.05) is 5.56 Å². The monoisotopic (exact) mass is 400 g/mol. The fourth-order valence-corrected chi connectivity index (χ4v) is 4.10. The number of piperazine rings is 1. The minimum atomic E-state index is -0.447. The van der Waals surface area contributed by atoms with E-state index in [-0.39, 0.29) is 6.10 Å². The Balaban J connectivity index is 1.11. The van der Waals surface area contributed by atoms with Gasteiger partial charge in [-0.3, -0.25) is 0 Å². The van der Waals surface area contributed by atoms with Gasteiger partial charge >= 0.3 is 0 Å². The fourth-order valence-electron chi connectivity index (χ4n) is 4.10. The van der Waals surface area contributed by atoms with E-state index in [0.29, 0.717) is 19.8 Å². The molecule has 2 heterocycles. The molecule has 1 saturated heterocycles. The average molecular weight is 401 g/mol. The van der Waals surface area contributed by atoms with E-state index in [1.807, 2.05) is 24.3 Å². The lowest BCUT2D eigenvalue weighted by Gasteiger charge is -2.31. The van der Waals surface area contributed by atoms with Gasteiger partial charge in [0.15, 0.2) is 17.6 Å². The lowest BCUT2D eigenvalue weighted by molar-refractivity contribution is -1.02. The van der Waals surface area contributed by atoms with Crippen LogP contribution in [0.2, 0.25) is 0 Å². The second-order valence-corrected chi connectivity index (χ2v) is 8.06. The second kappa shape index (κ2) is 10.1. The third-order valence-corrected chi connectivity index (χ3v) is 5.67. The van der Waals surface area contributed by atoms with Crippen molar-refractivity contribution in [3.63, 3.8) is 0 Å². The van der Waals surface area contributed by atoms with Gasteiger partial charge < -0.3 is 29.1 Å². The molecule has 29 heavy (non-hydrogen) atoms. The zero-order chi connectivity index (χ0) is 19.9. The molecule has 156 valence electrons. The van der Waals surface area contributed by atoms with Crippen molar-refractivity contribution in [3.05, 3.63) is 60.2 Å². The summed E-state index contributed by atoms with van der Waals surface area (Å²) < 4.78 is 17.3. The predicted molar refractivity (Wildman–Crippen MR) is 110 cm³/mol. The smallest absolute Gasteiger partial charge is 0.161 e. The number of nitrogens with one attached hydrogen (secondary N) is 2. The minimum absolute atomic E-state index is 0.130. The highest BCUT2D eigenvalue weighted by Crippen LogP contribution is 2.30. The fraction of sp³-hybridized carbons (Fsp3) is 0.478. The maximum Gasteiger partial charge on any atom is 0.161 e. The Labute approximate surface area is 172 Å². The molecule has 0 saturated carbocycles. The van der Waals surface area contributed by atoms with Crippen molar-refractivity contribution in [1.82, 2.24) is 0 Å². The molecular weight excluding hydrogens is 368 g/mol. The maximum absolute atomic E-state index is 10.4. The molecule has 0 aromatic heterocycles. The van der Waals surface area contributed by atoms with Gasteiger partial charge in [-0.2, -0.15) is 0 Å². The Morgan fingerprint density at radius 2 is 1.62 bits per heavy atom. The van der Waals surface area contributed by atoms with Crippen molar-refractivity contribution < 1.29 is 29.1 Å². The second-order valence-electron chi connectivity index (χ2n) is 8.06. The molecule has 2 aliphatic rings. The van der Waals surface area contributed by atoms with E-state index in [1.54, 1.807) is 4.90 Å². The molecule has 0 amide bonds. The topological polar surface area (TPSA) is 56.8 Å². The van der Waals surface area contributed by atoms with Crippen LogP contribution in [0, 0.1) is 0 Å². The quantitative estimate of drug-likeness (QED) is 0.543. The summed E-state index contributed by atoms with van der Waals surface area (Å²) in [5.41, 5.74) is 1.40. The normalized spacial score (nSPS) is 24.8. The van der Waals surface area contributed by atoms with Crippen LogP contribution in [0.3, 0.4) is 0 Å². The summed E-state index contributed by atoms with van der Waals surface area (Å²) in [6, 6.07) is 18.3. The number of aliphatic hydroxyl groups is 1. The van der Waals surface area contributed by atoms with E-state index in [9.17, 15) is 5.11 Å². The minimum Gasteiger partial charge on any atom is -0.486 e.